The number of aliphatic hydroxyl groups is 1. The molecule has 2 aromatic carbocycles. The van der Waals surface area contributed by atoms with Crippen molar-refractivity contribution in [1.82, 2.24) is 5.32 Å². The maximum atomic E-state index is 9.97. The Morgan fingerprint density at radius 3 is 2.58 bits per heavy atom. The van der Waals surface area contributed by atoms with Gasteiger partial charge in [-0.2, -0.15) is 0 Å². The number of nitrogens with one attached hydrogen (secondary N) is 2. The average molecular weight is 328 g/mol. The van der Waals surface area contributed by atoms with Crippen LogP contribution in [-0.2, 0) is 0 Å². The largest absolute Gasteiger partial charge is 0.491 e. The fourth-order valence-electron chi connectivity index (χ4n) is 2.44. The zero-order chi connectivity index (χ0) is 17.4. The first-order valence-corrected chi connectivity index (χ1v) is 8.44. The first-order chi connectivity index (χ1) is 11.5. The van der Waals surface area contributed by atoms with Crippen molar-refractivity contribution in [2.75, 3.05) is 31.6 Å². The van der Waals surface area contributed by atoms with E-state index in [2.05, 4.69) is 42.7 Å². The summed E-state index contributed by atoms with van der Waals surface area (Å²) in [4.78, 5) is 0. The number of ether oxygens (including phenoxy) is 1. The molecule has 0 spiro atoms. The van der Waals surface area contributed by atoms with E-state index in [1.807, 2.05) is 31.2 Å². The predicted octanol–water partition coefficient (Wildman–Crippen LogP) is 3.05. The maximum Gasteiger partial charge on any atom is 0.119 e. The summed E-state index contributed by atoms with van der Waals surface area (Å²) in [5.41, 5.74) is 4.81. The number of hydrogen-bond acceptors (Lipinski definition) is 4. The quantitative estimate of drug-likeness (QED) is 0.619. The molecule has 1 unspecified atom stereocenters. The summed E-state index contributed by atoms with van der Waals surface area (Å²) in [6.45, 7) is 8.62. The molecule has 0 fully saturated rings. The van der Waals surface area contributed by atoms with Gasteiger partial charge >= 0.3 is 0 Å². The van der Waals surface area contributed by atoms with Crippen molar-refractivity contribution >= 4 is 5.69 Å². The van der Waals surface area contributed by atoms with Gasteiger partial charge < -0.3 is 20.5 Å². The van der Waals surface area contributed by atoms with Crippen LogP contribution in [0.15, 0.2) is 42.5 Å². The van der Waals surface area contributed by atoms with E-state index in [4.69, 9.17) is 4.74 Å². The number of hydrogen-bond donors (Lipinski definition) is 3. The predicted molar refractivity (Wildman–Crippen MR) is 100.0 cm³/mol. The van der Waals surface area contributed by atoms with E-state index < -0.39 is 6.10 Å². The lowest BCUT2D eigenvalue weighted by molar-refractivity contribution is 0.107. The highest BCUT2D eigenvalue weighted by atomic mass is 16.5. The second-order valence-corrected chi connectivity index (χ2v) is 6.23. The van der Waals surface area contributed by atoms with Gasteiger partial charge in [-0.3, -0.25) is 0 Å². The lowest BCUT2D eigenvalue weighted by atomic mass is 10.1. The SMILES string of the molecule is Cc1cccc(OCC(O)CNCCNc2cc(C)ccc2C)c1. The Balaban J connectivity index is 1.61. The van der Waals surface area contributed by atoms with E-state index in [0.29, 0.717) is 13.2 Å². The van der Waals surface area contributed by atoms with Crippen LogP contribution in [0.5, 0.6) is 5.75 Å². The number of anilines is 1. The highest BCUT2D eigenvalue weighted by molar-refractivity contribution is 5.52. The van der Waals surface area contributed by atoms with Crippen LogP contribution >= 0.6 is 0 Å². The van der Waals surface area contributed by atoms with Crippen molar-refractivity contribution in [1.29, 1.82) is 0 Å². The van der Waals surface area contributed by atoms with Crippen LogP contribution in [0.2, 0.25) is 0 Å². The molecule has 0 amide bonds. The van der Waals surface area contributed by atoms with E-state index in [9.17, 15) is 5.11 Å². The van der Waals surface area contributed by atoms with Crippen molar-refractivity contribution < 1.29 is 9.84 Å². The molecule has 4 nitrogen and oxygen atoms in total. The third kappa shape index (κ3) is 6.22. The molecule has 0 aromatic heterocycles. The number of benzene rings is 2. The first-order valence-electron chi connectivity index (χ1n) is 8.44. The molecular formula is C20H28N2O2. The number of aliphatic hydroxyl groups excluding tert-OH is 1. The van der Waals surface area contributed by atoms with Crippen molar-refractivity contribution in [2.45, 2.75) is 26.9 Å². The number of rotatable bonds is 9. The molecular weight excluding hydrogens is 300 g/mol. The van der Waals surface area contributed by atoms with Gasteiger partial charge in [0, 0.05) is 25.3 Å². The summed E-state index contributed by atoms with van der Waals surface area (Å²) in [6.07, 6.45) is -0.522. The highest BCUT2D eigenvalue weighted by Gasteiger charge is 2.05. The second kappa shape index (κ2) is 9.30. The third-order valence-electron chi connectivity index (χ3n) is 3.82. The molecule has 0 saturated carbocycles. The molecule has 0 aliphatic rings. The van der Waals surface area contributed by atoms with Gasteiger partial charge in [-0.15, -0.1) is 0 Å². The van der Waals surface area contributed by atoms with E-state index in [0.717, 1.165) is 24.4 Å². The Hall–Kier alpha value is -2.04. The molecule has 4 heteroatoms. The van der Waals surface area contributed by atoms with Crippen LogP contribution in [0, 0.1) is 20.8 Å². The minimum absolute atomic E-state index is 0.293. The van der Waals surface area contributed by atoms with Crippen molar-refractivity contribution in [3.05, 3.63) is 59.2 Å². The lowest BCUT2D eigenvalue weighted by Crippen LogP contribution is -2.34. The van der Waals surface area contributed by atoms with Crippen LogP contribution < -0.4 is 15.4 Å². The monoisotopic (exact) mass is 328 g/mol. The Morgan fingerprint density at radius 1 is 1.00 bits per heavy atom. The maximum absolute atomic E-state index is 9.97. The van der Waals surface area contributed by atoms with E-state index in [1.54, 1.807) is 0 Å². The zero-order valence-electron chi connectivity index (χ0n) is 14.8. The molecule has 0 bridgehead atoms. The molecule has 2 aromatic rings. The third-order valence-corrected chi connectivity index (χ3v) is 3.82. The van der Waals surface area contributed by atoms with Gasteiger partial charge in [0.25, 0.3) is 0 Å². The molecule has 2 rings (SSSR count). The van der Waals surface area contributed by atoms with Crippen LogP contribution in [0.1, 0.15) is 16.7 Å². The normalized spacial score (nSPS) is 12.0. The molecule has 3 N–H and O–H groups in total. The Kier molecular flexibility index (Phi) is 7.09. The smallest absolute Gasteiger partial charge is 0.119 e. The van der Waals surface area contributed by atoms with Gasteiger partial charge in [0.1, 0.15) is 18.5 Å². The standard InChI is InChI=1S/C20H28N2O2/c1-15-5-4-6-19(11-15)24-14-18(23)13-21-9-10-22-20-12-16(2)7-8-17(20)3/h4-8,11-12,18,21-23H,9-10,13-14H2,1-3H3. The molecule has 24 heavy (non-hydrogen) atoms. The molecule has 0 heterocycles. The number of aryl methyl sites for hydroxylation is 3. The van der Waals surface area contributed by atoms with Gasteiger partial charge in [0.15, 0.2) is 0 Å². The average Bonchev–Trinajstić information content (AvgIpc) is 2.56. The topological polar surface area (TPSA) is 53.5 Å². The molecule has 0 aliphatic heterocycles. The molecule has 130 valence electrons. The van der Waals surface area contributed by atoms with Crippen molar-refractivity contribution in [3.63, 3.8) is 0 Å². The first kappa shape index (κ1) is 18.3. The van der Waals surface area contributed by atoms with Gasteiger partial charge in [0.2, 0.25) is 0 Å². The minimum Gasteiger partial charge on any atom is -0.491 e. The zero-order valence-corrected chi connectivity index (χ0v) is 14.8. The Labute approximate surface area is 144 Å². The van der Waals surface area contributed by atoms with Crippen LogP contribution in [0.25, 0.3) is 0 Å². The summed E-state index contributed by atoms with van der Waals surface area (Å²) in [7, 11) is 0. The summed E-state index contributed by atoms with van der Waals surface area (Å²) in [5.74, 6) is 0.797. The molecule has 1 atom stereocenters. The van der Waals surface area contributed by atoms with Gasteiger partial charge in [-0.05, 0) is 55.7 Å². The van der Waals surface area contributed by atoms with Crippen molar-refractivity contribution in [3.8, 4) is 5.75 Å². The van der Waals surface area contributed by atoms with E-state index >= 15 is 0 Å². The van der Waals surface area contributed by atoms with Crippen molar-refractivity contribution in [2.24, 2.45) is 0 Å². The molecule has 0 aliphatic carbocycles. The van der Waals surface area contributed by atoms with Crippen LogP contribution in [0.4, 0.5) is 5.69 Å². The summed E-state index contributed by atoms with van der Waals surface area (Å²) in [6, 6.07) is 14.2. The fraction of sp³-hybridized carbons (Fsp3) is 0.400. The minimum atomic E-state index is -0.522. The van der Waals surface area contributed by atoms with Crippen LogP contribution in [-0.4, -0.2) is 37.5 Å². The highest BCUT2D eigenvalue weighted by Crippen LogP contribution is 2.15. The van der Waals surface area contributed by atoms with Gasteiger partial charge in [0.05, 0.1) is 0 Å². The fourth-order valence-corrected chi connectivity index (χ4v) is 2.44. The lowest BCUT2D eigenvalue weighted by Gasteiger charge is -2.14. The Morgan fingerprint density at radius 2 is 1.79 bits per heavy atom. The summed E-state index contributed by atoms with van der Waals surface area (Å²) in [5, 5.41) is 16.6. The summed E-state index contributed by atoms with van der Waals surface area (Å²) >= 11 is 0. The Bertz CT molecular complexity index is 643. The van der Waals surface area contributed by atoms with Gasteiger partial charge in [-0.1, -0.05) is 24.3 Å². The van der Waals surface area contributed by atoms with Gasteiger partial charge in [-0.25, -0.2) is 0 Å². The van der Waals surface area contributed by atoms with E-state index in [-0.39, 0.29) is 0 Å². The van der Waals surface area contributed by atoms with E-state index in [1.165, 1.54) is 16.8 Å². The molecule has 0 saturated heterocycles. The van der Waals surface area contributed by atoms with Crippen LogP contribution in [0.3, 0.4) is 0 Å². The second-order valence-electron chi connectivity index (χ2n) is 6.23. The molecule has 0 radical (unpaired) electrons. The summed E-state index contributed by atoms with van der Waals surface area (Å²) < 4.78 is 5.60.